The van der Waals surface area contributed by atoms with E-state index in [1.165, 1.54) is 13.3 Å². The highest BCUT2D eigenvalue weighted by atomic mass is 19.1. The van der Waals surface area contributed by atoms with Gasteiger partial charge in [0.05, 0.1) is 30.2 Å². The summed E-state index contributed by atoms with van der Waals surface area (Å²) in [6, 6.07) is 1.02. The molecule has 30 heavy (non-hydrogen) atoms. The third kappa shape index (κ3) is 2.87. The van der Waals surface area contributed by atoms with E-state index in [9.17, 15) is 19.8 Å². The zero-order chi connectivity index (χ0) is 21.2. The molecule has 2 unspecified atom stereocenters. The molecular weight excluding hydrogens is 393 g/mol. The van der Waals surface area contributed by atoms with Crippen LogP contribution in [0.4, 0.5) is 10.1 Å². The van der Waals surface area contributed by atoms with E-state index in [0.29, 0.717) is 30.9 Å². The number of carboxylic acids is 1. The molecule has 9 heteroatoms. The number of benzene rings is 1. The monoisotopic (exact) mass is 417 g/mol. The Labute approximate surface area is 171 Å². The van der Waals surface area contributed by atoms with Gasteiger partial charge >= 0.3 is 5.97 Å². The highest BCUT2D eigenvalue weighted by Gasteiger charge is 2.41. The number of aromatic carboxylic acids is 1. The zero-order valence-corrected chi connectivity index (χ0v) is 16.6. The van der Waals surface area contributed by atoms with Gasteiger partial charge in [0.25, 0.3) is 0 Å². The van der Waals surface area contributed by atoms with Crippen LogP contribution in [0.3, 0.4) is 0 Å². The number of carboxylic acid groups (broad SMARTS) is 1. The summed E-state index contributed by atoms with van der Waals surface area (Å²) in [6.07, 6.45) is 3.19. The maximum Gasteiger partial charge on any atom is 0.341 e. The van der Waals surface area contributed by atoms with Gasteiger partial charge in [0.1, 0.15) is 11.3 Å². The molecule has 3 fully saturated rings. The van der Waals surface area contributed by atoms with Gasteiger partial charge < -0.3 is 29.7 Å². The summed E-state index contributed by atoms with van der Waals surface area (Å²) in [6.45, 7) is 2.26. The fraction of sp³-hybridized carbons (Fsp3) is 0.524. The molecule has 5 rings (SSSR count). The van der Waals surface area contributed by atoms with Crippen molar-refractivity contribution in [3.8, 4) is 5.75 Å². The first-order valence-electron chi connectivity index (χ1n) is 10.3. The van der Waals surface area contributed by atoms with Gasteiger partial charge in [-0.2, -0.15) is 0 Å². The zero-order valence-electron chi connectivity index (χ0n) is 16.6. The molecule has 3 N–H and O–H groups in total. The quantitative estimate of drug-likeness (QED) is 0.690. The number of halogens is 1. The molecule has 1 aliphatic carbocycles. The van der Waals surface area contributed by atoms with Crippen LogP contribution in [0.15, 0.2) is 17.1 Å². The third-order valence-electron chi connectivity index (χ3n) is 6.63. The molecular formula is C21H24FN3O5. The van der Waals surface area contributed by atoms with E-state index in [2.05, 4.69) is 5.32 Å². The number of aliphatic hydroxyl groups is 1. The van der Waals surface area contributed by atoms with Crippen LogP contribution in [0.1, 0.15) is 35.7 Å². The maximum atomic E-state index is 15.3. The van der Waals surface area contributed by atoms with Gasteiger partial charge in [-0.25, -0.2) is 9.18 Å². The van der Waals surface area contributed by atoms with Crippen LogP contribution in [-0.4, -0.2) is 59.6 Å². The normalized spacial score (nSPS) is 27.9. The molecule has 0 amide bonds. The number of piperidine rings is 1. The topological polar surface area (TPSA) is 104 Å². The number of nitrogens with zero attached hydrogens (tertiary/aromatic N) is 2. The smallest absolute Gasteiger partial charge is 0.341 e. The number of methoxy groups -OCH3 is 1. The molecule has 2 aromatic rings. The summed E-state index contributed by atoms with van der Waals surface area (Å²) in [5.41, 5.74) is -0.600. The van der Waals surface area contributed by atoms with Gasteiger partial charge in [-0.1, -0.05) is 0 Å². The summed E-state index contributed by atoms with van der Waals surface area (Å²) >= 11 is 0. The number of carbonyl (C=O) groups is 1. The first-order chi connectivity index (χ1) is 14.4. The van der Waals surface area contributed by atoms with E-state index >= 15 is 4.39 Å². The summed E-state index contributed by atoms with van der Waals surface area (Å²) < 4.78 is 22.5. The molecule has 3 heterocycles. The molecule has 2 aliphatic heterocycles. The lowest BCUT2D eigenvalue weighted by atomic mass is 9.94. The summed E-state index contributed by atoms with van der Waals surface area (Å²) in [4.78, 5) is 26.3. The minimum atomic E-state index is -1.39. The largest absolute Gasteiger partial charge is 0.492 e. The van der Waals surface area contributed by atoms with Crippen LogP contribution in [-0.2, 0) is 0 Å². The first kappa shape index (κ1) is 19.3. The van der Waals surface area contributed by atoms with Crippen molar-refractivity contribution in [3.63, 3.8) is 0 Å². The van der Waals surface area contributed by atoms with Crippen LogP contribution in [0, 0.1) is 11.7 Å². The van der Waals surface area contributed by atoms with Crippen molar-refractivity contribution in [1.82, 2.24) is 9.88 Å². The van der Waals surface area contributed by atoms with Gasteiger partial charge in [0.2, 0.25) is 5.43 Å². The number of aliphatic hydroxyl groups excluding tert-OH is 1. The van der Waals surface area contributed by atoms with Crippen molar-refractivity contribution in [3.05, 3.63) is 33.9 Å². The Morgan fingerprint density at radius 3 is 2.77 bits per heavy atom. The number of aromatic nitrogens is 1. The second-order valence-corrected chi connectivity index (χ2v) is 8.46. The Hall–Kier alpha value is -2.65. The maximum absolute atomic E-state index is 15.3. The van der Waals surface area contributed by atoms with Crippen LogP contribution in [0.2, 0.25) is 0 Å². The number of pyridine rings is 1. The molecule has 3 aliphatic rings. The number of hydrogen-bond acceptors (Lipinski definition) is 6. The number of nitrogens with one attached hydrogen (secondary N) is 1. The van der Waals surface area contributed by atoms with E-state index in [-0.39, 0.29) is 28.9 Å². The lowest BCUT2D eigenvalue weighted by Gasteiger charge is -2.25. The van der Waals surface area contributed by atoms with Crippen molar-refractivity contribution in [2.45, 2.75) is 37.5 Å². The second-order valence-electron chi connectivity index (χ2n) is 8.46. The second kappa shape index (κ2) is 6.95. The Kier molecular flexibility index (Phi) is 4.48. The third-order valence-corrected chi connectivity index (χ3v) is 6.63. The Morgan fingerprint density at radius 1 is 1.37 bits per heavy atom. The van der Waals surface area contributed by atoms with Crippen LogP contribution < -0.4 is 20.4 Å². The predicted octanol–water partition coefficient (Wildman–Crippen LogP) is 1.34. The predicted molar refractivity (Wildman–Crippen MR) is 108 cm³/mol. The highest BCUT2D eigenvalue weighted by Crippen LogP contribution is 2.45. The van der Waals surface area contributed by atoms with Crippen LogP contribution in [0.25, 0.3) is 10.9 Å². The first-order valence-corrected chi connectivity index (χ1v) is 10.3. The van der Waals surface area contributed by atoms with Crippen molar-refractivity contribution < 1.29 is 24.1 Å². The molecule has 2 saturated heterocycles. The molecule has 0 spiro atoms. The summed E-state index contributed by atoms with van der Waals surface area (Å²) in [7, 11) is 1.42. The molecule has 1 aromatic carbocycles. The molecule has 1 saturated carbocycles. The average molecular weight is 417 g/mol. The van der Waals surface area contributed by atoms with Crippen LogP contribution in [0.5, 0.6) is 5.75 Å². The lowest BCUT2D eigenvalue weighted by Crippen LogP contribution is -2.40. The van der Waals surface area contributed by atoms with Crippen LogP contribution >= 0.6 is 0 Å². The number of rotatable bonds is 4. The lowest BCUT2D eigenvalue weighted by molar-refractivity contribution is 0.0694. The van der Waals surface area contributed by atoms with E-state index in [0.717, 1.165) is 25.5 Å². The van der Waals surface area contributed by atoms with E-state index in [1.54, 1.807) is 4.57 Å². The number of hydrogen-bond donors (Lipinski definition) is 3. The van der Waals surface area contributed by atoms with Gasteiger partial charge in [-0.15, -0.1) is 0 Å². The van der Waals surface area contributed by atoms with Crippen molar-refractivity contribution >= 4 is 22.6 Å². The SMILES string of the molecule is COc1c(N2C[C@@H]3CCCN[C@@H]3C2)c(F)cc2c(=O)c(C(=O)O)cn(C3CC3O)c12. The van der Waals surface area contributed by atoms with Gasteiger partial charge in [-0.05, 0) is 37.8 Å². The fourth-order valence-corrected chi connectivity index (χ4v) is 5.04. The Bertz CT molecular complexity index is 1090. The Morgan fingerprint density at radius 2 is 2.13 bits per heavy atom. The minimum absolute atomic E-state index is 0.0539. The standard InChI is InChI=1S/C21H24FN3O5/c1-30-20-17-11(19(27)12(21(28)29)8-25(17)15-6-16(15)26)5-13(22)18(20)24-7-10-3-2-4-23-14(10)9-24/h5,8,10,14-16,23,26H,2-4,6-7,9H2,1H3,(H,28,29)/t10-,14+,15?,16?/m0/s1. The highest BCUT2D eigenvalue weighted by molar-refractivity contribution is 5.97. The van der Waals surface area contributed by atoms with E-state index in [1.807, 2.05) is 4.90 Å². The molecule has 160 valence electrons. The molecule has 0 radical (unpaired) electrons. The van der Waals surface area contributed by atoms with Crippen molar-refractivity contribution in [2.24, 2.45) is 5.92 Å². The van der Waals surface area contributed by atoms with Gasteiger partial charge in [0.15, 0.2) is 11.6 Å². The minimum Gasteiger partial charge on any atom is -0.492 e. The van der Waals surface area contributed by atoms with Gasteiger partial charge in [0, 0.05) is 25.3 Å². The number of ether oxygens (including phenoxy) is 1. The number of anilines is 1. The van der Waals surface area contributed by atoms with Gasteiger partial charge in [-0.3, -0.25) is 4.79 Å². The summed E-state index contributed by atoms with van der Waals surface area (Å²) in [5, 5.41) is 22.9. The van der Waals surface area contributed by atoms with Crippen molar-refractivity contribution in [2.75, 3.05) is 31.6 Å². The van der Waals surface area contributed by atoms with Crippen molar-refractivity contribution in [1.29, 1.82) is 0 Å². The average Bonchev–Trinajstić information content (AvgIpc) is 3.29. The Balaban J connectivity index is 1.73. The fourth-order valence-electron chi connectivity index (χ4n) is 5.04. The number of fused-ring (bicyclic) bond motifs is 2. The van der Waals surface area contributed by atoms with E-state index in [4.69, 9.17) is 4.74 Å². The van der Waals surface area contributed by atoms with E-state index < -0.39 is 28.9 Å². The molecule has 8 nitrogen and oxygen atoms in total. The molecule has 4 atom stereocenters. The molecule has 1 aromatic heterocycles. The summed E-state index contributed by atoms with van der Waals surface area (Å²) in [5.74, 6) is -1.37. The molecule has 0 bridgehead atoms.